The maximum Gasteiger partial charge on any atom is 0.252 e. The number of rotatable bonds is 4. The predicted octanol–water partition coefficient (Wildman–Crippen LogP) is 3.21. The quantitative estimate of drug-likeness (QED) is 0.797. The normalized spacial score (nSPS) is 11.8. The van der Waals surface area contributed by atoms with E-state index >= 15 is 0 Å². The van der Waals surface area contributed by atoms with Crippen LogP contribution in [0.15, 0.2) is 77.7 Å². The summed E-state index contributed by atoms with van der Waals surface area (Å²) in [5, 5.41) is 3.04. The number of aryl methyl sites for hydroxylation is 2. The van der Waals surface area contributed by atoms with Gasteiger partial charge in [0.2, 0.25) is 0 Å². The number of aromatic nitrogens is 1. The molecule has 0 saturated heterocycles. The van der Waals surface area contributed by atoms with Gasteiger partial charge in [-0.2, -0.15) is 0 Å². The minimum atomic E-state index is -0.279. The van der Waals surface area contributed by atoms with Crippen molar-refractivity contribution >= 4 is 5.91 Å². The molecule has 1 atom stereocenters. The lowest BCUT2D eigenvalue weighted by molar-refractivity contribution is 0.0942. The molecule has 25 heavy (non-hydrogen) atoms. The van der Waals surface area contributed by atoms with Crippen LogP contribution in [0.3, 0.4) is 0 Å². The fourth-order valence-electron chi connectivity index (χ4n) is 2.67. The summed E-state index contributed by atoms with van der Waals surface area (Å²) in [7, 11) is 1.66. The number of hydrogen-bond donors (Lipinski definition) is 1. The first-order chi connectivity index (χ1) is 12.0. The van der Waals surface area contributed by atoms with Crippen molar-refractivity contribution < 1.29 is 4.79 Å². The number of nitrogens with one attached hydrogen (secondary N) is 1. The lowest BCUT2D eigenvalue weighted by Crippen LogP contribution is -2.30. The number of carbonyl (C=O) groups excluding carboxylic acids is 1. The molecule has 0 aliphatic carbocycles. The Morgan fingerprint density at radius 3 is 2.24 bits per heavy atom. The van der Waals surface area contributed by atoms with Crippen LogP contribution in [0.1, 0.15) is 33.1 Å². The standard InChI is InChI=1S/C21H20N2O2/c1-15-8-10-17(11-9-15)20(16-6-4-3-5-7-16)22-21(25)18-12-13-23(2)19(24)14-18/h3-14,20H,1-2H3,(H,22,25). The van der Waals surface area contributed by atoms with Crippen molar-refractivity contribution in [2.45, 2.75) is 13.0 Å². The zero-order chi connectivity index (χ0) is 17.8. The topological polar surface area (TPSA) is 51.1 Å². The Bertz CT molecular complexity index is 928. The van der Waals surface area contributed by atoms with Gasteiger partial charge in [0.15, 0.2) is 0 Å². The van der Waals surface area contributed by atoms with Crippen molar-refractivity contribution in [2.75, 3.05) is 0 Å². The maximum absolute atomic E-state index is 12.7. The van der Waals surface area contributed by atoms with Crippen LogP contribution in [0.2, 0.25) is 0 Å². The van der Waals surface area contributed by atoms with Gasteiger partial charge in [-0.15, -0.1) is 0 Å². The van der Waals surface area contributed by atoms with Gasteiger partial charge in [0.25, 0.3) is 11.5 Å². The zero-order valence-electron chi connectivity index (χ0n) is 14.3. The Hall–Kier alpha value is -3.14. The average molecular weight is 332 g/mol. The molecule has 3 aromatic rings. The molecule has 1 aromatic heterocycles. The number of nitrogens with zero attached hydrogens (tertiary/aromatic N) is 1. The van der Waals surface area contributed by atoms with Gasteiger partial charge in [-0.25, -0.2) is 0 Å². The highest BCUT2D eigenvalue weighted by molar-refractivity contribution is 5.94. The second kappa shape index (κ2) is 7.18. The number of pyridine rings is 1. The molecule has 0 aliphatic heterocycles. The number of benzene rings is 2. The lowest BCUT2D eigenvalue weighted by Gasteiger charge is -2.20. The molecule has 1 N–H and O–H groups in total. The molecule has 0 fully saturated rings. The van der Waals surface area contributed by atoms with Gasteiger partial charge in [-0.3, -0.25) is 9.59 Å². The first-order valence-electron chi connectivity index (χ1n) is 8.13. The summed E-state index contributed by atoms with van der Waals surface area (Å²) in [5.74, 6) is -0.271. The van der Waals surface area contributed by atoms with Crippen LogP contribution < -0.4 is 10.9 Å². The molecule has 2 aromatic carbocycles. The highest BCUT2D eigenvalue weighted by atomic mass is 16.2. The Kier molecular flexibility index (Phi) is 4.80. The number of amides is 1. The van der Waals surface area contributed by atoms with Gasteiger partial charge >= 0.3 is 0 Å². The van der Waals surface area contributed by atoms with Gasteiger partial charge in [-0.1, -0.05) is 60.2 Å². The first kappa shape index (κ1) is 16.7. The SMILES string of the molecule is Cc1ccc(C(NC(=O)c2ccn(C)c(=O)c2)c2ccccc2)cc1. The van der Waals surface area contributed by atoms with Crippen molar-refractivity contribution in [1.29, 1.82) is 0 Å². The maximum atomic E-state index is 12.7. The molecule has 0 radical (unpaired) electrons. The van der Waals surface area contributed by atoms with Gasteiger partial charge in [0.05, 0.1) is 6.04 Å². The molecule has 126 valence electrons. The van der Waals surface area contributed by atoms with E-state index in [9.17, 15) is 9.59 Å². The van der Waals surface area contributed by atoms with Crippen LogP contribution in [0, 0.1) is 6.92 Å². The van der Waals surface area contributed by atoms with Gasteiger partial charge in [0.1, 0.15) is 0 Å². The van der Waals surface area contributed by atoms with Crippen LogP contribution in [0.25, 0.3) is 0 Å². The molecule has 0 spiro atoms. The Morgan fingerprint density at radius 1 is 0.960 bits per heavy atom. The second-order valence-corrected chi connectivity index (χ2v) is 6.09. The molecule has 1 amide bonds. The highest BCUT2D eigenvalue weighted by Crippen LogP contribution is 2.22. The molecular weight excluding hydrogens is 312 g/mol. The summed E-state index contributed by atoms with van der Waals surface area (Å²) in [4.78, 5) is 24.5. The van der Waals surface area contributed by atoms with Crippen molar-refractivity contribution in [3.8, 4) is 0 Å². The number of carbonyl (C=O) groups is 1. The molecule has 1 unspecified atom stereocenters. The summed E-state index contributed by atoms with van der Waals surface area (Å²) in [6, 6.07) is 20.6. The number of hydrogen-bond acceptors (Lipinski definition) is 2. The molecule has 4 heteroatoms. The van der Waals surface area contributed by atoms with E-state index in [-0.39, 0.29) is 17.5 Å². The van der Waals surface area contributed by atoms with Crippen molar-refractivity contribution in [3.63, 3.8) is 0 Å². The van der Waals surface area contributed by atoms with Crippen molar-refractivity contribution in [2.24, 2.45) is 7.05 Å². The summed E-state index contributed by atoms with van der Waals surface area (Å²) < 4.78 is 1.44. The lowest BCUT2D eigenvalue weighted by atomic mass is 9.97. The molecule has 0 saturated carbocycles. The Labute approximate surface area is 146 Å². The fraction of sp³-hybridized carbons (Fsp3) is 0.143. The fourth-order valence-corrected chi connectivity index (χ4v) is 2.67. The third-order valence-electron chi connectivity index (χ3n) is 4.19. The van der Waals surface area contributed by atoms with Crippen LogP contribution in [-0.2, 0) is 7.05 Å². The smallest absolute Gasteiger partial charge is 0.252 e. The van der Waals surface area contributed by atoms with E-state index < -0.39 is 0 Å². The van der Waals surface area contributed by atoms with E-state index in [4.69, 9.17) is 0 Å². The molecule has 4 nitrogen and oxygen atoms in total. The summed E-state index contributed by atoms with van der Waals surface area (Å²) >= 11 is 0. The predicted molar refractivity (Wildman–Crippen MR) is 98.6 cm³/mol. The van der Waals surface area contributed by atoms with E-state index in [1.807, 2.05) is 61.5 Å². The van der Waals surface area contributed by atoms with E-state index in [1.165, 1.54) is 10.6 Å². The van der Waals surface area contributed by atoms with Crippen LogP contribution in [0.5, 0.6) is 0 Å². The minimum absolute atomic E-state index is 0.209. The van der Waals surface area contributed by atoms with E-state index in [0.29, 0.717) is 5.56 Å². The summed E-state index contributed by atoms with van der Waals surface area (Å²) in [5.41, 5.74) is 3.29. The third-order valence-corrected chi connectivity index (χ3v) is 4.19. The first-order valence-corrected chi connectivity index (χ1v) is 8.13. The zero-order valence-corrected chi connectivity index (χ0v) is 14.3. The molecule has 0 bridgehead atoms. The van der Waals surface area contributed by atoms with Crippen LogP contribution in [0.4, 0.5) is 0 Å². The van der Waals surface area contributed by atoms with Crippen molar-refractivity contribution in [1.82, 2.24) is 9.88 Å². The minimum Gasteiger partial charge on any atom is -0.341 e. The van der Waals surface area contributed by atoms with Crippen LogP contribution in [-0.4, -0.2) is 10.5 Å². The highest BCUT2D eigenvalue weighted by Gasteiger charge is 2.18. The second-order valence-electron chi connectivity index (χ2n) is 6.09. The molecule has 3 rings (SSSR count). The monoisotopic (exact) mass is 332 g/mol. The van der Waals surface area contributed by atoms with Gasteiger partial charge in [0, 0.05) is 24.9 Å². The molecule has 0 aliphatic rings. The van der Waals surface area contributed by atoms with Gasteiger partial charge in [-0.05, 0) is 24.1 Å². The average Bonchev–Trinajstić information content (AvgIpc) is 2.63. The van der Waals surface area contributed by atoms with E-state index in [1.54, 1.807) is 19.3 Å². The molecule has 1 heterocycles. The summed E-state index contributed by atoms with van der Waals surface area (Å²) in [6.45, 7) is 2.03. The third kappa shape index (κ3) is 3.86. The van der Waals surface area contributed by atoms with E-state index in [2.05, 4.69) is 5.32 Å². The largest absolute Gasteiger partial charge is 0.341 e. The van der Waals surface area contributed by atoms with E-state index in [0.717, 1.165) is 16.7 Å². The van der Waals surface area contributed by atoms with Crippen LogP contribution >= 0.6 is 0 Å². The summed E-state index contributed by atoms with van der Waals surface area (Å²) in [6.07, 6.45) is 1.60. The van der Waals surface area contributed by atoms with Crippen molar-refractivity contribution in [3.05, 3.63) is 106 Å². The molecular formula is C21H20N2O2. The Morgan fingerprint density at radius 2 is 1.60 bits per heavy atom. The Balaban J connectivity index is 1.94. The van der Waals surface area contributed by atoms with Gasteiger partial charge < -0.3 is 9.88 Å².